The standard InChI is InChI=1S/C11H6BrClN2/c1-6-2-3-8-10(13)7(4-14)5-15-11(8)9(6)12/h2-3,5H,1H3. The number of nitriles is 1. The smallest absolute Gasteiger partial charge is 0.102 e. The zero-order valence-electron chi connectivity index (χ0n) is 7.88. The summed E-state index contributed by atoms with van der Waals surface area (Å²) in [5, 5.41) is 10.1. The predicted octanol–water partition coefficient (Wildman–Crippen LogP) is 3.83. The fraction of sp³-hybridized carbons (Fsp3) is 0.0909. The molecule has 4 heteroatoms. The van der Waals surface area contributed by atoms with E-state index in [1.165, 1.54) is 6.20 Å². The summed E-state index contributed by atoms with van der Waals surface area (Å²) in [5.41, 5.74) is 2.29. The van der Waals surface area contributed by atoms with E-state index in [9.17, 15) is 0 Å². The Bertz CT molecular complexity index is 587. The average Bonchev–Trinajstić information content (AvgIpc) is 2.24. The molecule has 0 bridgehead atoms. The van der Waals surface area contributed by atoms with Gasteiger partial charge in [-0.15, -0.1) is 0 Å². The number of benzene rings is 1. The van der Waals surface area contributed by atoms with Crippen LogP contribution < -0.4 is 0 Å². The van der Waals surface area contributed by atoms with Crippen LogP contribution in [-0.4, -0.2) is 4.98 Å². The summed E-state index contributed by atoms with van der Waals surface area (Å²) in [4.78, 5) is 4.22. The number of rotatable bonds is 0. The van der Waals surface area contributed by atoms with Gasteiger partial charge in [0.05, 0.1) is 16.1 Å². The van der Waals surface area contributed by atoms with Crippen LogP contribution in [0, 0.1) is 18.3 Å². The highest BCUT2D eigenvalue weighted by atomic mass is 79.9. The molecule has 0 N–H and O–H groups in total. The average molecular weight is 282 g/mol. The Balaban J connectivity index is 2.93. The van der Waals surface area contributed by atoms with Crippen molar-refractivity contribution >= 4 is 38.4 Å². The molecule has 2 rings (SSSR count). The molecule has 15 heavy (non-hydrogen) atoms. The maximum absolute atomic E-state index is 8.82. The van der Waals surface area contributed by atoms with Crippen molar-refractivity contribution in [3.8, 4) is 6.07 Å². The summed E-state index contributed by atoms with van der Waals surface area (Å²) < 4.78 is 0.923. The molecule has 2 nitrogen and oxygen atoms in total. The van der Waals surface area contributed by atoms with Crippen molar-refractivity contribution in [3.05, 3.63) is 39.0 Å². The summed E-state index contributed by atoms with van der Waals surface area (Å²) in [7, 11) is 0. The molecule has 2 aromatic rings. The van der Waals surface area contributed by atoms with Crippen LogP contribution in [0.4, 0.5) is 0 Å². The highest BCUT2D eigenvalue weighted by Gasteiger charge is 2.09. The van der Waals surface area contributed by atoms with E-state index in [2.05, 4.69) is 20.9 Å². The first-order chi connectivity index (χ1) is 7.15. The van der Waals surface area contributed by atoms with Gasteiger partial charge in [0.1, 0.15) is 6.07 Å². The largest absolute Gasteiger partial charge is 0.254 e. The van der Waals surface area contributed by atoms with Gasteiger partial charge in [-0.3, -0.25) is 4.98 Å². The first-order valence-electron chi connectivity index (χ1n) is 4.28. The lowest BCUT2D eigenvalue weighted by molar-refractivity contribution is 1.34. The Morgan fingerprint density at radius 2 is 2.20 bits per heavy atom. The Labute approximate surface area is 101 Å². The Hall–Kier alpha value is -1.11. The van der Waals surface area contributed by atoms with Crippen molar-refractivity contribution in [1.82, 2.24) is 4.98 Å². The van der Waals surface area contributed by atoms with Crippen LogP contribution in [0.25, 0.3) is 10.9 Å². The number of halogens is 2. The van der Waals surface area contributed by atoms with Gasteiger partial charge in [0.25, 0.3) is 0 Å². The number of hydrogen-bond donors (Lipinski definition) is 0. The zero-order chi connectivity index (χ0) is 11.0. The van der Waals surface area contributed by atoms with E-state index in [1.807, 2.05) is 25.1 Å². The maximum Gasteiger partial charge on any atom is 0.102 e. The Morgan fingerprint density at radius 3 is 2.87 bits per heavy atom. The van der Waals surface area contributed by atoms with Crippen molar-refractivity contribution in [2.45, 2.75) is 6.92 Å². The second-order valence-corrected chi connectivity index (χ2v) is 4.36. The molecule has 0 unspecified atom stereocenters. The third-order valence-corrected chi connectivity index (χ3v) is 3.63. The number of nitrogens with zero attached hydrogens (tertiary/aromatic N) is 2. The number of pyridine rings is 1. The normalized spacial score (nSPS) is 10.3. The topological polar surface area (TPSA) is 36.7 Å². The van der Waals surface area contributed by atoms with Crippen molar-refractivity contribution in [1.29, 1.82) is 5.26 Å². The second-order valence-electron chi connectivity index (χ2n) is 3.19. The third kappa shape index (κ3) is 1.60. The number of aryl methyl sites for hydroxylation is 1. The molecule has 0 aliphatic carbocycles. The second kappa shape index (κ2) is 3.80. The summed E-state index contributed by atoms with van der Waals surface area (Å²) in [6, 6.07) is 5.84. The minimum absolute atomic E-state index is 0.403. The summed E-state index contributed by atoms with van der Waals surface area (Å²) in [6.07, 6.45) is 1.49. The van der Waals surface area contributed by atoms with Crippen LogP contribution in [-0.2, 0) is 0 Å². The molecule has 0 aliphatic heterocycles. The highest BCUT2D eigenvalue weighted by molar-refractivity contribution is 9.10. The van der Waals surface area contributed by atoms with E-state index in [0.717, 1.165) is 20.9 Å². The number of fused-ring (bicyclic) bond motifs is 1. The van der Waals surface area contributed by atoms with Crippen molar-refractivity contribution in [3.63, 3.8) is 0 Å². The van der Waals surface area contributed by atoms with Gasteiger partial charge in [0, 0.05) is 16.1 Å². The van der Waals surface area contributed by atoms with Gasteiger partial charge in [0.15, 0.2) is 0 Å². The molecule has 0 amide bonds. The van der Waals surface area contributed by atoms with E-state index in [-0.39, 0.29) is 0 Å². The first-order valence-corrected chi connectivity index (χ1v) is 5.45. The molecule has 0 aliphatic rings. The summed E-state index contributed by atoms with van der Waals surface area (Å²) >= 11 is 9.54. The van der Waals surface area contributed by atoms with Gasteiger partial charge < -0.3 is 0 Å². The molecule has 0 fully saturated rings. The molecule has 1 aromatic heterocycles. The van der Waals surface area contributed by atoms with Gasteiger partial charge in [0.2, 0.25) is 0 Å². The number of hydrogen-bond acceptors (Lipinski definition) is 2. The Morgan fingerprint density at radius 1 is 1.47 bits per heavy atom. The Kier molecular flexibility index (Phi) is 2.64. The van der Waals surface area contributed by atoms with Crippen LogP contribution >= 0.6 is 27.5 Å². The molecule has 0 spiro atoms. The van der Waals surface area contributed by atoms with E-state index >= 15 is 0 Å². The van der Waals surface area contributed by atoms with Crippen molar-refractivity contribution in [2.24, 2.45) is 0 Å². The molecule has 0 saturated heterocycles. The summed E-state index contributed by atoms with van der Waals surface area (Å²) in [5.74, 6) is 0. The lowest BCUT2D eigenvalue weighted by atomic mass is 10.1. The van der Waals surface area contributed by atoms with Crippen LogP contribution in [0.1, 0.15) is 11.1 Å². The van der Waals surface area contributed by atoms with E-state index in [1.54, 1.807) is 0 Å². The lowest BCUT2D eigenvalue weighted by Crippen LogP contribution is -1.88. The number of aromatic nitrogens is 1. The minimum Gasteiger partial charge on any atom is -0.254 e. The van der Waals surface area contributed by atoms with Crippen LogP contribution in [0.5, 0.6) is 0 Å². The van der Waals surface area contributed by atoms with Crippen LogP contribution in [0.2, 0.25) is 5.02 Å². The molecule has 0 atom stereocenters. The van der Waals surface area contributed by atoms with Gasteiger partial charge in [-0.1, -0.05) is 23.7 Å². The third-order valence-electron chi connectivity index (χ3n) is 2.23. The van der Waals surface area contributed by atoms with E-state index in [4.69, 9.17) is 16.9 Å². The fourth-order valence-electron chi connectivity index (χ4n) is 1.38. The molecule has 0 saturated carbocycles. The molecule has 1 aromatic carbocycles. The molecular weight excluding hydrogens is 275 g/mol. The van der Waals surface area contributed by atoms with Crippen LogP contribution in [0.15, 0.2) is 22.8 Å². The van der Waals surface area contributed by atoms with Crippen molar-refractivity contribution in [2.75, 3.05) is 0 Å². The summed E-state index contributed by atoms with van der Waals surface area (Å²) in [6.45, 7) is 1.98. The molecular formula is C11H6BrClN2. The SMILES string of the molecule is Cc1ccc2c(Cl)c(C#N)cnc2c1Br. The minimum atomic E-state index is 0.403. The zero-order valence-corrected chi connectivity index (χ0v) is 10.2. The molecule has 0 radical (unpaired) electrons. The van der Waals surface area contributed by atoms with Crippen LogP contribution in [0.3, 0.4) is 0 Å². The van der Waals surface area contributed by atoms with Gasteiger partial charge in [-0.05, 0) is 28.4 Å². The van der Waals surface area contributed by atoms with Gasteiger partial charge in [-0.2, -0.15) is 5.26 Å². The first kappa shape index (κ1) is 10.4. The molecule has 1 heterocycles. The quantitative estimate of drug-likeness (QED) is 0.736. The van der Waals surface area contributed by atoms with E-state index in [0.29, 0.717) is 10.6 Å². The fourth-order valence-corrected chi connectivity index (χ4v) is 2.07. The van der Waals surface area contributed by atoms with Gasteiger partial charge >= 0.3 is 0 Å². The van der Waals surface area contributed by atoms with E-state index < -0.39 is 0 Å². The van der Waals surface area contributed by atoms with Crippen molar-refractivity contribution < 1.29 is 0 Å². The van der Waals surface area contributed by atoms with Gasteiger partial charge in [-0.25, -0.2) is 0 Å². The highest BCUT2D eigenvalue weighted by Crippen LogP contribution is 2.31. The lowest BCUT2D eigenvalue weighted by Gasteiger charge is -2.05. The predicted molar refractivity (Wildman–Crippen MR) is 63.9 cm³/mol. The monoisotopic (exact) mass is 280 g/mol. The molecule has 74 valence electrons. The maximum atomic E-state index is 8.82.